The zero-order valence-corrected chi connectivity index (χ0v) is 10.7. The standard InChI is InChI=1S/C15H21N3/c1-2-6-15-14(5-1)13(11-18-15)10-17-9-12-4-3-7-16-8-12/h1-2,5-6,11-12,16-18H,3-4,7-10H2. The van der Waals surface area contributed by atoms with Crippen LogP contribution in [0.5, 0.6) is 0 Å². The minimum absolute atomic E-state index is 0.795. The molecule has 1 aliphatic rings. The molecule has 0 bridgehead atoms. The summed E-state index contributed by atoms with van der Waals surface area (Å²) in [6.45, 7) is 4.44. The number of nitrogens with one attached hydrogen (secondary N) is 3. The number of hydrogen-bond acceptors (Lipinski definition) is 2. The molecule has 3 N–H and O–H groups in total. The van der Waals surface area contributed by atoms with Crippen LogP contribution in [0, 0.1) is 5.92 Å². The van der Waals surface area contributed by atoms with Gasteiger partial charge in [-0.1, -0.05) is 18.2 Å². The number of rotatable bonds is 4. The molecule has 1 atom stereocenters. The molecule has 1 aromatic heterocycles. The molecule has 1 aromatic carbocycles. The van der Waals surface area contributed by atoms with Crippen LogP contribution in [-0.4, -0.2) is 24.6 Å². The maximum atomic E-state index is 3.59. The quantitative estimate of drug-likeness (QED) is 0.771. The molecule has 2 heterocycles. The Kier molecular flexibility index (Phi) is 3.62. The molecule has 0 radical (unpaired) electrons. The summed E-state index contributed by atoms with van der Waals surface area (Å²) in [5.74, 6) is 0.795. The number of piperidine rings is 1. The van der Waals surface area contributed by atoms with Gasteiger partial charge in [-0.25, -0.2) is 0 Å². The van der Waals surface area contributed by atoms with Gasteiger partial charge in [0.05, 0.1) is 0 Å². The summed E-state index contributed by atoms with van der Waals surface area (Å²) >= 11 is 0. The van der Waals surface area contributed by atoms with Crippen LogP contribution in [0.3, 0.4) is 0 Å². The second-order valence-corrected chi connectivity index (χ2v) is 5.20. The molecule has 0 amide bonds. The van der Waals surface area contributed by atoms with E-state index in [0.29, 0.717) is 0 Å². The Morgan fingerprint density at radius 1 is 1.28 bits per heavy atom. The first-order valence-electron chi connectivity index (χ1n) is 6.90. The molecule has 1 unspecified atom stereocenters. The van der Waals surface area contributed by atoms with Crippen LogP contribution in [0.25, 0.3) is 10.9 Å². The van der Waals surface area contributed by atoms with Crippen molar-refractivity contribution in [2.75, 3.05) is 19.6 Å². The van der Waals surface area contributed by atoms with Crippen LogP contribution in [0.15, 0.2) is 30.5 Å². The molecule has 3 heteroatoms. The van der Waals surface area contributed by atoms with E-state index in [0.717, 1.165) is 19.0 Å². The van der Waals surface area contributed by atoms with Gasteiger partial charge in [0, 0.05) is 23.6 Å². The van der Waals surface area contributed by atoms with Crippen molar-refractivity contribution in [3.8, 4) is 0 Å². The molecule has 0 saturated carbocycles. The third-order valence-corrected chi connectivity index (χ3v) is 3.82. The highest BCUT2D eigenvalue weighted by atomic mass is 14.9. The van der Waals surface area contributed by atoms with Gasteiger partial charge in [0.25, 0.3) is 0 Å². The summed E-state index contributed by atoms with van der Waals surface area (Å²) in [5.41, 5.74) is 2.60. The molecular weight excluding hydrogens is 222 g/mol. The molecule has 1 saturated heterocycles. The number of H-pyrrole nitrogens is 1. The van der Waals surface area contributed by atoms with Gasteiger partial charge in [-0.2, -0.15) is 0 Å². The minimum Gasteiger partial charge on any atom is -0.361 e. The van der Waals surface area contributed by atoms with Crippen LogP contribution >= 0.6 is 0 Å². The first-order valence-corrected chi connectivity index (χ1v) is 6.90. The first kappa shape index (κ1) is 11.8. The summed E-state index contributed by atoms with van der Waals surface area (Å²) in [6, 6.07) is 8.49. The normalized spacial score (nSPS) is 20.3. The third kappa shape index (κ3) is 2.57. The van der Waals surface area contributed by atoms with Gasteiger partial charge in [0.2, 0.25) is 0 Å². The van der Waals surface area contributed by atoms with Crippen molar-refractivity contribution in [1.29, 1.82) is 0 Å². The highest BCUT2D eigenvalue weighted by Crippen LogP contribution is 2.17. The summed E-state index contributed by atoms with van der Waals surface area (Å²) in [7, 11) is 0. The fourth-order valence-electron chi connectivity index (χ4n) is 2.79. The molecular formula is C15H21N3. The highest BCUT2D eigenvalue weighted by molar-refractivity contribution is 5.82. The van der Waals surface area contributed by atoms with Gasteiger partial charge < -0.3 is 15.6 Å². The van der Waals surface area contributed by atoms with E-state index >= 15 is 0 Å². The van der Waals surface area contributed by atoms with Gasteiger partial charge >= 0.3 is 0 Å². The Balaban J connectivity index is 1.56. The highest BCUT2D eigenvalue weighted by Gasteiger charge is 2.12. The van der Waals surface area contributed by atoms with Crippen LogP contribution < -0.4 is 10.6 Å². The molecule has 0 aliphatic carbocycles. The maximum absolute atomic E-state index is 3.59. The van der Waals surface area contributed by atoms with Crippen LogP contribution in [0.4, 0.5) is 0 Å². The second-order valence-electron chi connectivity index (χ2n) is 5.20. The average molecular weight is 243 g/mol. The monoisotopic (exact) mass is 243 g/mol. The molecule has 18 heavy (non-hydrogen) atoms. The van der Waals surface area contributed by atoms with Gasteiger partial charge in [0.1, 0.15) is 0 Å². The summed E-state index contributed by atoms with van der Waals surface area (Å²) in [5, 5.41) is 8.39. The van der Waals surface area contributed by atoms with E-state index in [1.165, 1.54) is 42.4 Å². The van der Waals surface area contributed by atoms with Crippen LogP contribution in [-0.2, 0) is 6.54 Å². The molecule has 2 aromatic rings. The molecule has 96 valence electrons. The third-order valence-electron chi connectivity index (χ3n) is 3.82. The predicted octanol–water partition coefficient (Wildman–Crippen LogP) is 2.26. The van der Waals surface area contributed by atoms with Gasteiger partial charge in [0.15, 0.2) is 0 Å². The minimum atomic E-state index is 0.795. The average Bonchev–Trinajstić information content (AvgIpc) is 2.84. The molecule has 1 aliphatic heterocycles. The Labute approximate surface area is 108 Å². The van der Waals surface area contributed by atoms with Crippen LogP contribution in [0.2, 0.25) is 0 Å². The smallest absolute Gasteiger partial charge is 0.0457 e. The molecule has 1 fully saturated rings. The number of aromatic amines is 1. The van der Waals surface area contributed by atoms with Crippen LogP contribution in [0.1, 0.15) is 18.4 Å². The van der Waals surface area contributed by atoms with Crippen molar-refractivity contribution in [3.05, 3.63) is 36.0 Å². The lowest BCUT2D eigenvalue weighted by molar-refractivity contribution is 0.360. The zero-order chi connectivity index (χ0) is 12.2. The lowest BCUT2D eigenvalue weighted by Gasteiger charge is -2.22. The number of benzene rings is 1. The number of para-hydroxylation sites is 1. The van der Waals surface area contributed by atoms with E-state index in [-0.39, 0.29) is 0 Å². The van der Waals surface area contributed by atoms with E-state index < -0.39 is 0 Å². The van der Waals surface area contributed by atoms with E-state index in [4.69, 9.17) is 0 Å². The van der Waals surface area contributed by atoms with Gasteiger partial charge in [-0.05, 0) is 50.0 Å². The van der Waals surface area contributed by atoms with E-state index in [1.807, 2.05) is 0 Å². The maximum Gasteiger partial charge on any atom is 0.0457 e. The second kappa shape index (κ2) is 5.55. The lowest BCUT2D eigenvalue weighted by atomic mass is 10.00. The Morgan fingerprint density at radius 2 is 2.22 bits per heavy atom. The fourth-order valence-corrected chi connectivity index (χ4v) is 2.79. The summed E-state index contributed by atoms with van der Waals surface area (Å²) < 4.78 is 0. The number of fused-ring (bicyclic) bond motifs is 1. The Morgan fingerprint density at radius 3 is 3.11 bits per heavy atom. The summed E-state index contributed by atoms with van der Waals surface area (Å²) in [6.07, 6.45) is 4.80. The van der Waals surface area contributed by atoms with E-state index in [1.54, 1.807) is 0 Å². The Hall–Kier alpha value is -1.32. The Bertz CT molecular complexity index is 497. The fraction of sp³-hybridized carbons (Fsp3) is 0.467. The van der Waals surface area contributed by atoms with Crippen molar-refractivity contribution >= 4 is 10.9 Å². The van der Waals surface area contributed by atoms with E-state index in [2.05, 4.69) is 46.1 Å². The first-order chi connectivity index (χ1) is 8.93. The molecule has 0 spiro atoms. The van der Waals surface area contributed by atoms with Crippen molar-refractivity contribution in [2.45, 2.75) is 19.4 Å². The van der Waals surface area contributed by atoms with Crippen molar-refractivity contribution in [3.63, 3.8) is 0 Å². The number of hydrogen-bond donors (Lipinski definition) is 3. The zero-order valence-electron chi connectivity index (χ0n) is 10.7. The molecule has 3 nitrogen and oxygen atoms in total. The van der Waals surface area contributed by atoms with Crippen molar-refractivity contribution in [2.24, 2.45) is 5.92 Å². The van der Waals surface area contributed by atoms with Crippen molar-refractivity contribution < 1.29 is 0 Å². The van der Waals surface area contributed by atoms with Gasteiger partial charge in [-0.15, -0.1) is 0 Å². The SMILES string of the molecule is c1ccc2c(CNCC3CCCNC3)c[nH]c2c1. The largest absolute Gasteiger partial charge is 0.361 e. The topological polar surface area (TPSA) is 39.8 Å². The van der Waals surface area contributed by atoms with Gasteiger partial charge in [-0.3, -0.25) is 0 Å². The van der Waals surface area contributed by atoms with Crippen molar-refractivity contribution in [1.82, 2.24) is 15.6 Å². The number of aromatic nitrogens is 1. The lowest BCUT2D eigenvalue weighted by Crippen LogP contribution is -2.35. The summed E-state index contributed by atoms with van der Waals surface area (Å²) in [4.78, 5) is 3.32. The molecule has 3 rings (SSSR count). The predicted molar refractivity (Wildman–Crippen MR) is 75.6 cm³/mol. The van der Waals surface area contributed by atoms with E-state index in [9.17, 15) is 0 Å².